The standard InChI is InChI=1S/C21H25NO5S/c1-24-15-5-6-19(27-4)18(12-15)21-22(20(23)7-8-28-21)13-14-9-16(25-2)11-17(10-14)26-3/h5-6,9-12,21H,7-8,13H2,1-4H3. The molecular weight excluding hydrogens is 378 g/mol. The molecule has 1 saturated heterocycles. The highest BCUT2D eigenvalue weighted by Gasteiger charge is 2.32. The number of hydrogen-bond donors (Lipinski definition) is 0. The molecule has 3 rings (SSSR count). The van der Waals surface area contributed by atoms with Gasteiger partial charge >= 0.3 is 0 Å². The molecule has 7 heteroatoms. The van der Waals surface area contributed by atoms with Crippen LogP contribution in [0.2, 0.25) is 0 Å². The Morgan fingerprint density at radius 1 is 0.929 bits per heavy atom. The SMILES string of the molecule is COc1cc(CN2C(=O)CCSC2c2cc(OC)ccc2OC)cc(OC)c1. The molecule has 28 heavy (non-hydrogen) atoms. The van der Waals surface area contributed by atoms with Crippen molar-refractivity contribution >= 4 is 17.7 Å². The van der Waals surface area contributed by atoms with Crippen LogP contribution in [-0.2, 0) is 11.3 Å². The number of thioether (sulfide) groups is 1. The first-order valence-corrected chi connectivity index (χ1v) is 9.99. The maximum Gasteiger partial charge on any atom is 0.224 e. The van der Waals surface area contributed by atoms with Gasteiger partial charge in [-0.15, -0.1) is 11.8 Å². The minimum atomic E-state index is -0.163. The van der Waals surface area contributed by atoms with Crippen molar-refractivity contribution in [2.45, 2.75) is 18.3 Å². The van der Waals surface area contributed by atoms with E-state index in [1.807, 2.05) is 41.3 Å². The fourth-order valence-electron chi connectivity index (χ4n) is 3.24. The van der Waals surface area contributed by atoms with Crippen LogP contribution in [0.5, 0.6) is 23.0 Å². The van der Waals surface area contributed by atoms with Crippen LogP contribution in [0.15, 0.2) is 36.4 Å². The van der Waals surface area contributed by atoms with Crippen molar-refractivity contribution in [2.24, 2.45) is 0 Å². The van der Waals surface area contributed by atoms with Crippen LogP contribution in [0.3, 0.4) is 0 Å². The molecule has 0 bridgehead atoms. The molecule has 1 unspecified atom stereocenters. The zero-order chi connectivity index (χ0) is 20.1. The van der Waals surface area contributed by atoms with Crippen LogP contribution in [0.4, 0.5) is 0 Å². The predicted octanol–water partition coefficient (Wildman–Crippen LogP) is 3.89. The second-order valence-corrected chi connectivity index (χ2v) is 7.51. The van der Waals surface area contributed by atoms with Crippen molar-refractivity contribution in [3.63, 3.8) is 0 Å². The number of hydrogen-bond acceptors (Lipinski definition) is 6. The third-order valence-electron chi connectivity index (χ3n) is 4.66. The third-order valence-corrected chi connectivity index (χ3v) is 5.93. The average molecular weight is 404 g/mol. The predicted molar refractivity (Wildman–Crippen MR) is 109 cm³/mol. The highest BCUT2D eigenvalue weighted by molar-refractivity contribution is 7.99. The number of carbonyl (C=O) groups excluding carboxylic acids is 1. The number of amides is 1. The summed E-state index contributed by atoms with van der Waals surface area (Å²) in [7, 11) is 6.50. The first-order valence-electron chi connectivity index (χ1n) is 8.94. The number of benzene rings is 2. The maximum absolute atomic E-state index is 12.8. The van der Waals surface area contributed by atoms with E-state index >= 15 is 0 Å². The lowest BCUT2D eigenvalue weighted by Gasteiger charge is -2.36. The molecule has 0 aromatic heterocycles. The van der Waals surface area contributed by atoms with Gasteiger partial charge in [0, 0.05) is 30.3 Å². The number of methoxy groups -OCH3 is 4. The van der Waals surface area contributed by atoms with Gasteiger partial charge in [-0.3, -0.25) is 4.79 Å². The van der Waals surface area contributed by atoms with Gasteiger partial charge in [0.15, 0.2) is 0 Å². The number of nitrogens with zero attached hydrogens (tertiary/aromatic N) is 1. The van der Waals surface area contributed by atoms with E-state index in [1.165, 1.54) is 0 Å². The Bertz CT molecular complexity index is 819. The largest absolute Gasteiger partial charge is 0.497 e. The normalized spacial score (nSPS) is 16.6. The first-order chi connectivity index (χ1) is 13.6. The zero-order valence-electron chi connectivity index (χ0n) is 16.6. The van der Waals surface area contributed by atoms with E-state index < -0.39 is 0 Å². The maximum atomic E-state index is 12.8. The van der Waals surface area contributed by atoms with E-state index in [0.29, 0.717) is 24.5 Å². The third kappa shape index (κ3) is 4.30. The summed E-state index contributed by atoms with van der Waals surface area (Å²) >= 11 is 1.72. The Morgan fingerprint density at radius 3 is 2.21 bits per heavy atom. The molecule has 2 aromatic rings. The van der Waals surface area contributed by atoms with Crippen molar-refractivity contribution in [3.05, 3.63) is 47.5 Å². The quantitative estimate of drug-likeness (QED) is 0.699. The molecule has 0 spiro atoms. The minimum absolute atomic E-state index is 0.107. The summed E-state index contributed by atoms with van der Waals surface area (Å²) in [4.78, 5) is 14.7. The first kappa shape index (κ1) is 20.2. The van der Waals surface area contributed by atoms with Crippen LogP contribution in [0.25, 0.3) is 0 Å². The Labute approximate surface area is 169 Å². The second-order valence-electron chi connectivity index (χ2n) is 6.32. The van der Waals surface area contributed by atoms with Crippen LogP contribution in [-0.4, -0.2) is 45.0 Å². The summed E-state index contributed by atoms with van der Waals surface area (Å²) in [5, 5.41) is -0.163. The molecule has 0 aliphatic carbocycles. The molecule has 1 amide bonds. The Morgan fingerprint density at radius 2 is 1.61 bits per heavy atom. The minimum Gasteiger partial charge on any atom is -0.497 e. The molecule has 1 atom stereocenters. The summed E-state index contributed by atoms with van der Waals surface area (Å²) < 4.78 is 21.7. The van der Waals surface area contributed by atoms with Gasteiger partial charge in [-0.2, -0.15) is 0 Å². The fourth-order valence-corrected chi connectivity index (χ4v) is 4.49. The Hall–Kier alpha value is -2.54. The number of ether oxygens (including phenoxy) is 4. The molecule has 2 aromatic carbocycles. The van der Waals surface area contributed by atoms with Gasteiger partial charge < -0.3 is 23.8 Å². The fraction of sp³-hybridized carbons (Fsp3) is 0.381. The zero-order valence-corrected chi connectivity index (χ0v) is 17.4. The monoisotopic (exact) mass is 403 g/mol. The molecule has 1 heterocycles. The van der Waals surface area contributed by atoms with E-state index in [0.717, 1.165) is 28.4 Å². The molecule has 1 fully saturated rings. The summed E-state index contributed by atoms with van der Waals surface area (Å²) in [5.74, 6) is 3.74. The van der Waals surface area contributed by atoms with Crippen molar-refractivity contribution in [1.29, 1.82) is 0 Å². The van der Waals surface area contributed by atoms with E-state index in [-0.39, 0.29) is 11.3 Å². The lowest BCUT2D eigenvalue weighted by Crippen LogP contribution is -2.36. The van der Waals surface area contributed by atoms with Gasteiger partial charge in [0.2, 0.25) is 5.91 Å². The van der Waals surface area contributed by atoms with Gasteiger partial charge in [-0.25, -0.2) is 0 Å². The second kappa shape index (κ2) is 9.10. The number of rotatable bonds is 7. The molecule has 0 N–H and O–H groups in total. The summed E-state index contributed by atoms with van der Waals surface area (Å²) in [5.41, 5.74) is 1.87. The van der Waals surface area contributed by atoms with Gasteiger partial charge in [0.25, 0.3) is 0 Å². The lowest BCUT2D eigenvalue weighted by molar-refractivity contribution is -0.132. The van der Waals surface area contributed by atoms with Crippen molar-refractivity contribution in [1.82, 2.24) is 4.90 Å². The highest BCUT2D eigenvalue weighted by Crippen LogP contribution is 2.43. The van der Waals surface area contributed by atoms with Crippen LogP contribution >= 0.6 is 11.8 Å². The number of carbonyl (C=O) groups is 1. The van der Waals surface area contributed by atoms with Gasteiger partial charge in [0.1, 0.15) is 28.4 Å². The highest BCUT2D eigenvalue weighted by atomic mass is 32.2. The van der Waals surface area contributed by atoms with Crippen LogP contribution in [0, 0.1) is 0 Å². The summed E-state index contributed by atoms with van der Waals surface area (Å²) in [6, 6.07) is 11.3. The van der Waals surface area contributed by atoms with Crippen LogP contribution < -0.4 is 18.9 Å². The smallest absolute Gasteiger partial charge is 0.224 e. The van der Waals surface area contributed by atoms with Gasteiger partial charge in [0.05, 0.1) is 28.4 Å². The molecular formula is C21H25NO5S. The Balaban J connectivity index is 1.97. The van der Waals surface area contributed by atoms with Gasteiger partial charge in [-0.1, -0.05) is 0 Å². The van der Waals surface area contributed by atoms with Crippen molar-refractivity contribution < 1.29 is 23.7 Å². The van der Waals surface area contributed by atoms with Crippen molar-refractivity contribution in [3.8, 4) is 23.0 Å². The van der Waals surface area contributed by atoms with Crippen molar-refractivity contribution in [2.75, 3.05) is 34.2 Å². The van der Waals surface area contributed by atoms with E-state index in [1.54, 1.807) is 40.2 Å². The van der Waals surface area contributed by atoms with Crippen LogP contribution in [0.1, 0.15) is 22.9 Å². The molecule has 0 radical (unpaired) electrons. The topological polar surface area (TPSA) is 57.2 Å². The molecule has 150 valence electrons. The lowest BCUT2D eigenvalue weighted by atomic mass is 10.1. The van der Waals surface area contributed by atoms with E-state index in [4.69, 9.17) is 18.9 Å². The molecule has 1 aliphatic rings. The molecule has 6 nitrogen and oxygen atoms in total. The van der Waals surface area contributed by atoms with Gasteiger partial charge in [-0.05, 0) is 35.9 Å². The van der Waals surface area contributed by atoms with E-state index in [2.05, 4.69) is 0 Å². The summed E-state index contributed by atoms with van der Waals surface area (Å²) in [6.45, 7) is 0.449. The molecule has 1 aliphatic heterocycles. The Kier molecular flexibility index (Phi) is 6.57. The average Bonchev–Trinajstić information content (AvgIpc) is 2.74. The van der Waals surface area contributed by atoms with E-state index in [9.17, 15) is 4.79 Å². The molecule has 0 saturated carbocycles. The summed E-state index contributed by atoms with van der Waals surface area (Å²) in [6.07, 6.45) is 0.508.